The van der Waals surface area contributed by atoms with Crippen molar-refractivity contribution in [3.8, 4) is 22.6 Å². The molecule has 0 saturated carbocycles. The topological polar surface area (TPSA) is 15.7 Å². The lowest BCUT2D eigenvalue weighted by molar-refractivity contribution is 0.488. The second kappa shape index (κ2) is 14.5. The molecule has 4 heteroatoms. The Bertz CT molecular complexity index is 3010. The quantitative estimate of drug-likeness (QED) is 0.164. The van der Waals surface area contributed by atoms with Gasteiger partial charge in [-0.15, -0.1) is 0 Å². The zero-order valence-corrected chi connectivity index (χ0v) is 41.1. The van der Waals surface area contributed by atoms with E-state index in [9.17, 15) is 1.37 Å². The third-order valence-electron chi connectivity index (χ3n) is 14.5. The van der Waals surface area contributed by atoms with Crippen molar-refractivity contribution in [1.29, 1.82) is 0 Å². The molecule has 3 aliphatic rings. The maximum Gasteiger partial charge on any atom is 0.256 e. The van der Waals surface area contributed by atoms with Crippen LogP contribution in [0.25, 0.3) is 11.1 Å². The molecule has 0 N–H and O–H groups in total. The zero-order valence-electron chi connectivity index (χ0n) is 42.1. The minimum Gasteiger partial charge on any atom is -0.458 e. The van der Waals surface area contributed by atoms with Crippen molar-refractivity contribution in [2.45, 2.75) is 124 Å². The van der Waals surface area contributed by atoms with E-state index in [4.69, 9.17) is 4.74 Å². The average Bonchev–Trinajstić information content (AvgIpc) is 3.49. The largest absolute Gasteiger partial charge is 0.458 e. The minimum atomic E-state index is -0.364. The van der Waals surface area contributed by atoms with Crippen LogP contribution in [0.4, 0.5) is 34.1 Å². The van der Waals surface area contributed by atoms with Crippen LogP contribution in [-0.2, 0) is 27.1 Å². The Kier molecular flexibility index (Phi) is 9.30. The molecule has 0 fully saturated rings. The van der Waals surface area contributed by atoms with Gasteiger partial charge in [-0.1, -0.05) is 176 Å². The van der Waals surface area contributed by atoms with E-state index in [1.165, 1.54) is 44.4 Å². The summed E-state index contributed by atoms with van der Waals surface area (Å²) in [7, 11) is 0. The van der Waals surface area contributed by atoms with Crippen LogP contribution in [0.15, 0.2) is 140 Å². The van der Waals surface area contributed by atoms with E-state index < -0.39 is 0 Å². The molecule has 0 atom stereocenters. The molecule has 0 radical (unpaired) electrons. The summed E-state index contributed by atoms with van der Waals surface area (Å²) in [5, 5.41) is 0. The van der Waals surface area contributed by atoms with Crippen LogP contribution >= 0.6 is 0 Å². The van der Waals surface area contributed by atoms with Crippen molar-refractivity contribution in [2.75, 3.05) is 9.80 Å². The van der Waals surface area contributed by atoms with E-state index >= 15 is 0 Å². The highest BCUT2D eigenvalue weighted by molar-refractivity contribution is 6.99. The van der Waals surface area contributed by atoms with Gasteiger partial charge in [-0.3, -0.25) is 0 Å². The number of anilines is 6. The highest BCUT2D eigenvalue weighted by Gasteiger charge is 2.48. The molecule has 2 aliphatic heterocycles. The normalized spacial score (nSPS) is 15.0. The molecule has 7 aromatic carbocycles. The third kappa shape index (κ3) is 6.93. The van der Waals surface area contributed by atoms with Crippen molar-refractivity contribution in [2.24, 2.45) is 0 Å². The van der Waals surface area contributed by atoms with Crippen molar-refractivity contribution < 1.29 is 6.11 Å². The number of ether oxygens (including phenoxy) is 1. The van der Waals surface area contributed by atoms with Crippen LogP contribution in [0, 0.1) is 0 Å². The molecule has 1 aliphatic carbocycles. The van der Waals surface area contributed by atoms with Crippen LogP contribution in [-0.4, -0.2) is 6.71 Å². The molecule has 10 rings (SSSR count). The standard InChI is InChI=1S/C61H65BN2O/c1-57(2,3)38-22-29-42(30-23-38)63(43-31-24-39(25-32-43)58(4,5)6)51-37-48-56(53-45-18-15-16-19-46(45)61(13,14)54(51)53)65-52-21-17-20-50-55(52)62(48)47-36-41(60(10,11)12)28-35-49(47)64(50)44-33-26-40(27-34-44)59(7,8)9/h15-37H,1-14H3/i17D. The van der Waals surface area contributed by atoms with Crippen molar-refractivity contribution >= 4 is 57.2 Å². The van der Waals surface area contributed by atoms with Crippen molar-refractivity contribution in [3.63, 3.8) is 0 Å². The van der Waals surface area contributed by atoms with Crippen LogP contribution < -0.4 is 30.9 Å². The first-order valence-electron chi connectivity index (χ1n) is 24.1. The molecule has 0 bridgehead atoms. The molecule has 2 heterocycles. The van der Waals surface area contributed by atoms with Crippen LogP contribution in [0.2, 0.25) is 0 Å². The molecule has 0 amide bonds. The molecule has 0 unspecified atom stereocenters. The van der Waals surface area contributed by atoms with Crippen molar-refractivity contribution in [3.05, 3.63) is 173 Å². The highest BCUT2D eigenvalue weighted by atomic mass is 16.5. The van der Waals surface area contributed by atoms with Crippen LogP contribution in [0.1, 0.15) is 132 Å². The maximum absolute atomic E-state index is 9.33. The summed E-state index contributed by atoms with van der Waals surface area (Å²) in [5.74, 6) is 1.64. The summed E-state index contributed by atoms with van der Waals surface area (Å²) < 4.78 is 16.8. The van der Waals surface area contributed by atoms with Gasteiger partial charge in [0.15, 0.2) is 0 Å². The van der Waals surface area contributed by atoms with E-state index in [0.717, 1.165) is 62.1 Å². The first-order valence-corrected chi connectivity index (χ1v) is 23.6. The Morgan fingerprint density at radius 3 is 1.63 bits per heavy atom. The number of hydrogen-bond acceptors (Lipinski definition) is 3. The Morgan fingerprint density at radius 2 is 1.08 bits per heavy atom. The first-order chi connectivity index (χ1) is 30.9. The van der Waals surface area contributed by atoms with Gasteiger partial charge in [0.05, 0.1) is 7.06 Å². The van der Waals surface area contributed by atoms with Crippen LogP contribution in [0.3, 0.4) is 0 Å². The fourth-order valence-electron chi connectivity index (χ4n) is 10.7. The third-order valence-corrected chi connectivity index (χ3v) is 14.5. The average molecular weight is 854 g/mol. The Balaban J connectivity index is 1.30. The van der Waals surface area contributed by atoms with Crippen LogP contribution in [0.5, 0.6) is 11.5 Å². The SMILES string of the molecule is [2H]c1cc2c3c(c1)N(c1ccc(C(C)(C)C)cc1)c1ccc(C(C)(C)C)cc1B3c1cc(N(c3ccc(C(C)(C)C)cc3)c3ccc(C(C)(C)C)cc3)c3c(c1O2)-c1ccccc1C3(C)C. The number of nitrogens with zero attached hydrogens (tertiary/aromatic N) is 2. The molecule has 0 aromatic heterocycles. The Hall–Kier alpha value is -6.00. The zero-order chi connectivity index (χ0) is 47.0. The molecular weight excluding hydrogens is 787 g/mol. The van der Waals surface area contributed by atoms with Gasteiger partial charge in [-0.25, -0.2) is 0 Å². The molecule has 328 valence electrons. The van der Waals surface area contributed by atoms with E-state index in [1.54, 1.807) is 0 Å². The monoisotopic (exact) mass is 854 g/mol. The minimum absolute atomic E-state index is 0.0125. The van der Waals surface area contributed by atoms with Crippen molar-refractivity contribution in [1.82, 2.24) is 0 Å². The summed E-state index contributed by atoms with van der Waals surface area (Å²) in [4.78, 5) is 4.88. The summed E-state index contributed by atoms with van der Waals surface area (Å²) in [6.07, 6.45) is 0. The number of rotatable bonds is 4. The Morgan fingerprint density at radius 1 is 0.554 bits per heavy atom. The fraction of sp³-hybridized carbons (Fsp3) is 0.311. The van der Waals surface area contributed by atoms with Gasteiger partial charge in [-0.05, 0) is 138 Å². The molecule has 7 aromatic rings. The summed E-state index contributed by atoms with van der Waals surface area (Å²) in [6.45, 7) is 32.0. The van der Waals surface area contributed by atoms with Gasteiger partial charge >= 0.3 is 0 Å². The predicted molar refractivity (Wildman–Crippen MR) is 279 cm³/mol. The molecule has 0 saturated heterocycles. The first kappa shape index (κ1) is 41.7. The number of benzene rings is 7. The second-order valence-electron chi connectivity index (χ2n) is 23.5. The van der Waals surface area contributed by atoms with E-state index in [1.807, 2.05) is 12.1 Å². The fourth-order valence-corrected chi connectivity index (χ4v) is 10.7. The van der Waals surface area contributed by atoms with Gasteiger partial charge in [0.25, 0.3) is 6.71 Å². The van der Waals surface area contributed by atoms with E-state index in [0.29, 0.717) is 6.04 Å². The summed E-state index contributed by atoms with van der Waals surface area (Å²) >= 11 is 0. The lowest BCUT2D eigenvalue weighted by Gasteiger charge is -2.42. The van der Waals surface area contributed by atoms with Gasteiger partial charge < -0.3 is 14.5 Å². The molecule has 3 nitrogen and oxygen atoms in total. The van der Waals surface area contributed by atoms with Gasteiger partial charge in [0.2, 0.25) is 0 Å². The summed E-state index contributed by atoms with van der Waals surface area (Å²) in [6, 6.07) is 50.4. The van der Waals surface area contributed by atoms with E-state index in [2.05, 4.69) is 228 Å². The highest BCUT2D eigenvalue weighted by Crippen LogP contribution is 2.58. The molecule has 0 spiro atoms. The maximum atomic E-state index is 9.33. The van der Waals surface area contributed by atoms with Gasteiger partial charge in [0.1, 0.15) is 11.5 Å². The lowest BCUT2D eigenvalue weighted by Crippen LogP contribution is -2.60. The molecular formula is C61H65BN2O. The second-order valence-corrected chi connectivity index (χ2v) is 23.5. The predicted octanol–water partition coefficient (Wildman–Crippen LogP) is 15.1. The number of fused-ring (bicyclic) bond motifs is 8. The smallest absolute Gasteiger partial charge is 0.256 e. The Labute approximate surface area is 391 Å². The number of hydrogen-bond donors (Lipinski definition) is 0. The van der Waals surface area contributed by atoms with Gasteiger partial charge in [-0.2, -0.15) is 0 Å². The van der Waals surface area contributed by atoms with E-state index in [-0.39, 0.29) is 33.8 Å². The lowest BCUT2D eigenvalue weighted by atomic mass is 9.33. The van der Waals surface area contributed by atoms with Gasteiger partial charge in [0, 0.05) is 39.4 Å². The molecule has 65 heavy (non-hydrogen) atoms. The summed E-state index contributed by atoms with van der Waals surface area (Å²) in [5.41, 5.74) is 19.7.